The van der Waals surface area contributed by atoms with Crippen molar-refractivity contribution in [2.75, 3.05) is 13.7 Å². The third-order valence-electron chi connectivity index (χ3n) is 2.62. The average Bonchev–Trinajstić information content (AvgIpc) is 2.63. The molecule has 0 spiro atoms. The first kappa shape index (κ1) is 10.3. The highest BCUT2D eigenvalue weighted by molar-refractivity contribution is 5.81. The molecule has 3 heteroatoms. The van der Waals surface area contributed by atoms with Crippen molar-refractivity contribution in [3.8, 4) is 0 Å². The van der Waals surface area contributed by atoms with Crippen LogP contribution in [0.15, 0.2) is 12.7 Å². The van der Waals surface area contributed by atoms with Crippen LogP contribution in [0, 0.1) is 0 Å². The molecule has 13 heavy (non-hydrogen) atoms. The largest absolute Gasteiger partial charge is 0.468 e. The van der Waals surface area contributed by atoms with Gasteiger partial charge in [0.2, 0.25) is 0 Å². The molecule has 74 valence electrons. The highest BCUT2D eigenvalue weighted by atomic mass is 16.5. The Morgan fingerprint density at radius 3 is 2.69 bits per heavy atom. The minimum Gasteiger partial charge on any atom is -0.468 e. The minimum absolute atomic E-state index is 0.133. The van der Waals surface area contributed by atoms with Crippen molar-refractivity contribution in [3.63, 3.8) is 0 Å². The van der Waals surface area contributed by atoms with Crippen molar-refractivity contribution in [2.24, 2.45) is 0 Å². The molecule has 0 aromatic heterocycles. The smallest absolute Gasteiger partial charge is 0.326 e. The van der Waals surface area contributed by atoms with Crippen molar-refractivity contribution in [1.82, 2.24) is 5.32 Å². The van der Waals surface area contributed by atoms with E-state index in [1.54, 1.807) is 6.08 Å². The van der Waals surface area contributed by atoms with Crippen LogP contribution in [0.5, 0.6) is 0 Å². The van der Waals surface area contributed by atoms with Gasteiger partial charge in [0.15, 0.2) is 0 Å². The molecule has 0 atom stereocenters. The molecular formula is C10H17NO2. The van der Waals surface area contributed by atoms with E-state index in [0.717, 1.165) is 25.7 Å². The predicted molar refractivity (Wildman–Crippen MR) is 51.4 cm³/mol. The molecule has 0 aromatic carbocycles. The summed E-state index contributed by atoms with van der Waals surface area (Å²) in [5, 5.41) is 3.20. The fraction of sp³-hybridized carbons (Fsp3) is 0.700. The maximum Gasteiger partial charge on any atom is 0.326 e. The van der Waals surface area contributed by atoms with Crippen molar-refractivity contribution < 1.29 is 9.53 Å². The summed E-state index contributed by atoms with van der Waals surface area (Å²) >= 11 is 0. The molecule has 3 nitrogen and oxygen atoms in total. The van der Waals surface area contributed by atoms with E-state index in [1.165, 1.54) is 7.11 Å². The average molecular weight is 183 g/mol. The number of hydrogen-bond donors (Lipinski definition) is 1. The van der Waals surface area contributed by atoms with E-state index >= 15 is 0 Å². The summed E-state index contributed by atoms with van der Waals surface area (Å²) in [6, 6.07) is 0. The van der Waals surface area contributed by atoms with Gasteiger partial charge in [-0.15, -0.1) is 6.58 Å². The number of methoxy groups -OCH3 is 1. The number of hydrogen-bond acceptors (Lipinski definition) is 3. The Kier molecular flexibility index (Phi) is 3.48. The van der Waals surface area contributed by atoms with E-state index in [1.807, 2.05) is 0 Å². The van der Waals surface area contributed by atoms with Crippen LogP contribution in [-0.4, -0.2) is 25.2 Å². The maximum absolute atomic E-state index is 11.5. The third kappa shape index (κ3) is 2.10. The van der Waals surface area contributed by atoms with Crippen LogP contribution in [-0.2, 0) is 9.53 Å². The molecule has 1 saturated carbocycles. The van der Waals surface area contributed by atoms with Crippen LogP contribution in [0.3, 0.4) is 0 Å². The van der Waals surface area contributed by atoms with E-state index in [-0.39, 0.29) is 5.97 Å². The van der Waals surface area contributed by atoms with Gasteiger partial charge in [0.1, 0.15) is 5.54 Å². The molecule has 0 aliphatic heterocycles. The van der Waals surface area contributed by atoms with Gasteiger partial charge in [0.25, 0.3) is 0 Å². The number of carbonyl (C=O) groups is 1. The Hall–Kier alpha value is -0.830. The van der Waals surface area contributed by atoms with Gasteiger partial charge in [-0.2, -0.15) is 0 Å². The molecule has 1 fully saturated rings. The summed E-state index contributed by atoms with van der Waals surface area (Å²) in [6.45, 7) is 4.29. The molecule has 0 aromatic rings. The molecule has 1 N–H and O–H groups in total. The van der Waals surface area contributed by atoms with Crippen LogP contribution in [0.1, 0.15) is 25.7 Å². The Labute approximate surface area is 79.2 Å². The van der Waals surface area contributed by atoms with Crippen LogP contribution >= 0.6 is 0 Å². The molecule has 0 radical (unpaired) electrons. The van der Waals surface area contributed by atoms with E-state index in [4.69, 9.17) is 4.74 Å². The minimum atomic E-state index is -0.428. The van der Waals surface area contributed by atoms with Gasteiger partial charge in [-0.3, -0.25) is 10.1 Å². The standard InChI is InChI=1S/C10H17NO2/c1-3-8-11-10(9(12)13-2)6-4-5-7-10/h3,11H,1,4-8H2,2H3. The maximum atomic E-state index is 11.5. The normalized spacial score (nSPS) is 19.8. The number of nitrogens with one attached hydrogen (secondary N) is 1. The summed E-state index contributed by atoms with van der Waals surface area (Å²) in [4.78, 5) is 11.5. The zero-order valence-electron chi connectivity index (χ0n) is 8.14. The first-order valence-corrected chi connectivity index (χ1v) is 4.69. The second kappa shape index (κ2) is 4.42. The van der Waals surface area contributed by atoms with Gasteiger partial charge in [0, 0.05) is 6.54 Å². The molecule has 0 unspecified atom stereocenters. The fourth-order valence-corrected chi connectivity index (χ4v) is 1.89. The number of ether oxygens (including phenoxy) is 1. The van der Waals surface area contributed by atoms with Gasteiger partial charge < -0.3 is 4.74 Å². The molecule has 0 heterocycles. The number of carbonyl (C=O) groups excluding carboxylic acids is 1. The SMILES string of the molecule is C=CCNC1(C(=O)OC)CCCC1. The zero-order valence-corrected chi connectivity index (χ0v) is 8.14. The summed E-state index contributed by atoms with van der Waals surface area (Å²) in [6.07, 6.45) is 5.72. The lowest BCUT2D eigenvalue weighted by molar-refractivity contribution is -0.148. The molecule has 1 aliphatic rings. The van der Waals surface area contributed by atoms with Gasteiger partial charge >= 0.3 is 5.97 Å². The highest BCUT2D eigenvalue weighted by Gasteiger charge is 2.41. The quantitative estimate of drug-likeness (QED) is 0.526. The van der Waals surface area contributed by atoms with Gasteiger partial charge in [-0.05, 0) is 12.8 Å². The molecule has 0 bridgehead atoms. The summed E-state index contributed by atoms with van der Waals surface area (Å²) in [7, 11) is 1.44. The topological polar surface area (TPSA) is 38.3 Å². The first-order chi connectivity index (χ1) is 6.25. The monoisotopic (exact) mass is 183 g/mol. The molecular weight excluding hydrogens is 166 g/mol. The number of rotatable bonds is 4. The Morgan fingerprint density at radius 2 is 2.23 bits per heavy atom. The van der Waals surface area contributed by atoms with Gasteiger partial charge in [-0.25, -0.2) is 0 Å². The summed E-state index contributed by atoms with van der Waals surface area (Å²) in [5.74, 6) is -0.133. The van der Waals surface area contributed by atoms with E-state index < -0.39 is 5.54 Å². The van der Waals surface area contributed by atoms with Crippen LogP contribution in [0.4, 0.5) is 0 Å². The zero-order chi connectivity index (χ0) is 9.73. The molecule has 0 saturated heterocycles. The lowest BCUT2D eigenvalue weighted by Gasteiger charge is -2.26. The van der Waals surface area contributed by atoms with Gasteiger partial charge in [-0.1, -0.05) is 18.9 Å². The lowest BCUT2D eigenvalue weighted by Crippen LogP contribution is -2.50. The molecule has 1 rings (SSSR count). The second-order valence-electron chi connectivity index (χ2n) is 3.45. The van der Waals surface area contributed by atoms with E-state index in [2.05, 4.69) is 11.9 Å². The van der Waals surface area contributed by atoms with Gasteiger partial charge in [0.05, 0.1) is 7.11 Å². The van der Waals surface area contributed by atoms with E-state index in [9.17, 15) is 4.79 Å². The van der Waals surface area contributed by atoms with Crippen molar-refractivity contribution in [1.29, 1.82) is 0 Å². The van der Waals surface area contributed by atoms with Crippen molar-refractivity contribution in [2.45, 2.75) is 31.2 Å². The molecule has 1 aliphatic carbocycles. The summed E-state index contributed by atoms with van der Waals surface area (Å²) in [5.41, 5.74) is -0.428. The van der Waals surface area contributed by atoms with Crippen molar-refractivity contribution in [3.05, 3.63) is 12.7 Å². The Bertz CT molecular complexity index is 195. The predicted octanol–water partition coefficient (Wildman–Crippen LogP) is 1.25. The third-order valence-corrected chi connectivity index (χ3v) is 2.62. The van der Waals surface area contributed by atoms with E-state index in [0.29, 0.717) is 6.54 Å². The Balaban J connectivity index is 2.62. The van der Waals surface area contributed by atoms with Crippen LogP contribution < -0.4 is 5.32 Å². The fourth-order valence-electron chi connectivity index (χ4n) is 1.89. The van der Waals surface area contributed by atoms with Crippen molar-refractivity contribution >= 4 is 5.97 Å². The Morgan fingerprint density at radius 1 is 1.62 bits per heavy atom. The molecule has 0 amide bonds. The summed E-state index contributed by atoms with van der Waals surface area (Å²) < 4.78 is 4.80. The second-order valence-corrected chi connectivity index (χ2v) is 3.45. The lowest BCUT2D eigenvalue weighted by atomic mass is 9.98. The van der Waals surface area contributed by atoms with Crippen LogP contribution in [0.25, 0.3) is 0 Å². The van der Waals surface area contributed by atoms with Crippen LogP contribution in [0.2, 0.25) is 0 Å². The number of esters is 1. The highest BCUT2D eigenvalue weighted by Crippen LogP contribution is 2.30. The first-order valence-electron chi connectivity index (χ1n) is 4.69.